The van der Waals surface area contributed by atoms with Crippen LogP contribution in [0.15, 0.2) is 60.8 Å². The van der Waals surface area contributed by atoms with E-state index in [0.717, 1.165) is 17.1 Å². The maximum atomic E-state index is 13.1. The third-order valence-electron chi connectivity index (χ3n) is 5.08. The number of aryl methyl sites for hydroxylation is 1. The van der Waals surface area contributed by atoms with Gasteiger partial charge in [-0.05, 0) is 67.7 Å². The first kappa shape index (κ1) is 20.0. The SMILES string of the molecule is Cc1ccc([C@H]2[C@H](c3ccccn3)NC(=S)N2CCC(=O)Nc2ccc(F)cc2)[nH]1. The van der Waals surface area contributed by atoms with Crippen LogP contribution in [0, 0.1) is 12.7 Å². The van der Waals surface area contributed by atoms with E-state index in [-0.39, 0.29) is 30.2 Å². The number of amides is 1. The van der Waals surface area contributed by atoms with Gasteiger partial charge < -0.3 is 20.5 Å². The van der Waals surface area contributed by atoms with Crippen molar-refractivity contribution in [3.05, 3.63) is 83.7 Å². The number of carbonyl (C=O) groups is 1. The number of hydrogen-bond acceptors (Lipinski definition) is 3. The van der Waals surface area contributed by atoms with Crippen LogP contribution in [0.2, 0.25) is 0 Å². The number of carbonyl (C=O) groups excluding carboxylic acids is 1. The molecule has 30 heavy (non-hydrogen) atoms. The number of H-pyrrole nitrogens is 1. The quantitative estimate of drug-likeness (QED) is 0.525. The molecule has 3 N–H and O–H groups in total. The molecule has 0 radical (unpaired) electrons. The highest BCUT2D eigenvalue weighted by molar-refractivity contribution is 7.80. The lowest BCUT2D eigenvalue weighted by atomic mass is 10.0. The second-order valence-corrected chi connectivity index (χ2v) is 7.61. The molecule has 0 unspecified atom stereocenters. The normalized spacial score (nSPS) is 18.3. The lowest BCUT2D eigenvalue weighted by Crippen LogP contribution is -2.32. The molecule has 1 saturated heterocycles. The summed E-state index contributed by atoms with van der Waals surface area (Å²) < 4.78 is 13.1. The molecule has 1 aliphatic rings. The van der Waals surface area contributed by atoms with Crippen molar-refractivity contribution in [3.8, 4) is 0 Å². The highest BCUT2D eigenvalue weighted by Crippen LogP contribution is 2.38. The Morgan fingerprint density at radius 3 is 2.67 bits per heavy atom. The molecule has 4 rings (SSSR count). The predicted octanol–water partition coefficient (Wildman–Crippen LogP) is 3.86. The fourth-order valence-corrected chi connectivity index (χ4v) is 3.99. The van der Waals surface area contributed by atoms with Gasteiger partial charge in [-0.15, -0.1) is 0 Å². The minimum absolute atomic E-state index is 0.111. The molecule has 6 nitrogen and oxygen atoms in total. The average Bonchev–Trinajstić information content (AvgIpc) is 3.31. The number of rotatable bonds is 6. The van der Waals surface area contributed by atoms with Gasteiger partial charge >= 0.3 is 0 Å². The highest BCUT2D eigenvalue weighted by atomic mass is 32.1. The van der Waals surface area contributed by atoms with E-state index < -0.39 is 0 Å². The van der Waals surface area contributed by atoms with Crippen LogP contribution in [-0.2, 0) is 4.79 Å². The van der Waals surface area contributed by atoms with Crippen molar-refractivity contribution in [1.82, 2.24) is 20.2 Å². The number of nitrogens with one attached hydrogen (secondary N) is 3. The van der Waals surface area contributed by atoms with Crippen molar-refractivity contribution >= 4 is 28.9 Å². The first-order valence-electron chi connectivity index (χ1n) is 9.70. The number of pyridine rings is 1. The summed E-state index contributed by atoms with van der Waals surface area (Å²) in [6, 6.07) is 15.3. The number of nitrogens with zero attached hydrogens (tertiary/aromatic N) is 2. The van der Waals surface area contributed by atoms with Crippen molar-refractivity contribution in [2.24, 2.45) is 0 Å². The summed E-state index contributed by atoms with van der Waals surface area (Å²) in [7, 11) is 0. The number of aromatic amines is 1. The third-order valence-corrected chi connectivity index (χ3v) is 5.43. The Balaban J connectivity index is 1.51. The summed E-state index contributed by atoms with van der Waals surface area (Å²) in [6.07, 6.45) is 2.00. The number of benzene rings is 1. The molecule has 0 saturated carbocycles. The average molecular weight is 424 g/mol. The van der Waals surface area contributed by atoms with E-state index in [1.807, 2.05) is 42.2 Å². The number of halogens is 1. The second-order valence-electron chi connectivity index (χ2n) is 7.22. The molecule has 3 heterocycles. The zero-order valence-electron chi connectivity index (χ0n) is 16.4. The van der Waals surface area contributed by atoms with Crippen LogP contribution in [0.1, 0.15) is 35.6 Å². The highest BCUT2D eigenvalue weighted by Gasteiger charge is 2.40. The molecule has 0 spiro atoms. The first-order chi connectivity index (χ1) is 14.5. The van der Waals surface area contributed by atoms with Crippen LogP contribution < -0.4 is 10.6 Å². The van der Waals surface area contributed by atoms with Crippen LogP contribution in [0.4, 0.5) is 10.1 Å². The molecule has 1 fully saturated rings. The Hall–Kier alpha value is -3.26. The van der Waals surface area contributed by atoms with E-state index >= 15 is 0 Å². The number of anilines is 1. The molecule has 0 aliphatic carbocycles. The van der Waals surface area contributed by atoms with E-state index in [0.29, 0.717) is 17.3 Å². The maximum absolute atomic E-state index is 13.1. The van der Waals surface area contributed by atoms with Gasteiger partial charge in [0.05, 0.1) is 17.8 Å². The molecule has 2 atom stereocenters. The monoisotopic (exact) mass is 423 g/mol. The van der Waals surface area contributed by atoms with E-state index in [9.17, 15) is 9.18 Å². The van der Waals surface area contributed by atoms with Gasteiger partial charge in [0.15, 0.2) is 5.11 Å². The lowest BCUT2D eigenvalue weighted by molar-refractivity contribution is -0.116. The van der Waals surface area contributed by atoms with Gasteiger partial charge in [-0.25, -0.2) is 4.39 Å². The second kappa shape index (κ2) is 8.62. The number of thiocarbonyl (C=S) groups is 1. The summed E-state index contributed by atoms with van der Waals surface area (Å²) >= 11 is 5.60. The fraction of sp³-hybridized carbons (Fsp3) is 0.227. The summed E-state index contributed by atoms with van der Waals surface area (Å²) in [5.74, 6) is -0.502. The van der Waals surface area contributed by atoms with Crippen molar-refractivity contribution in [1.29, 1.82) is 0 Å². The Bertz CT molecular complexity index is 1040. The Kier molecular flexibility index (Phi) is 5.76. The summed E-state index contributed by atoms with van der Waals surface area (Å²) in [5, 5.41) is 6.73. The van der Waals surface area contributed by atoms with Gasteiger partial charge in [-0.2, -0.15) is 0 Å². The molecule has 1 aliphatic heterocycles. The Morgan fingerprint density at radius 1 is 1.20 bits per heavy atom. The minimum atomic E-state index is -0.342. The van der Waals surface area contributed by atoms with Gasteiger partial charge in [-0.1, -0.05) is 6.07 Å². The molecule has 8 heteroatoms. The van der Waals surface area contributed by atoms with Gasteiger partial charge in [0.1, 0.15) is 5.82 Å². The van der Waals surface area contributed by atoms with Crippen molar-refractivity contribution < 1.29 is 9.18 Å². The van der Waals surface area contributed by atoms with Gasteiger partial charge in [-0.3, -0.25) is 9.78 Å². The summed E-state index contributed by atoms with van der Waals surface area (Å²) in [6.45, 7) is 2.44. The van der Waals surface area contributed by atoms with E-state index in [4.69, 9.17) is 12.2 Å². The largest absolute Gasteiger partial charge is 0.361 e. The lowest BCUT2D eigenvalue weighted by Gasteiger charge is -2.26. The zero-order chi connectivity index (χ0) is 21.1. The topological polar surface area (TPSA) is 73.1 Å². The molecule has 0 bridgehead atoms. The first-order valence-corrected chi connectivity index (χ1v) is 10.1. The van der Waals surface area contributed by atoms with E-state index in [1.165, 1.54) is 24.3 Å². The van der Waals surface area contributed by atoms with Crippen LogP contribution in [0.5, 0.6) is 0 Å². The van der Waals surface area contributed by atoms with Crippen LogP contribution in [0.25, 0.3) is 0 Å². The van der Waals surface area contributed by atoms with Crippen molar-refractivity contribution in [2.75, 3.05) is 11.9 Å². The fourth-order valence-electron chi connectivity index (χ4n) is 3.66. The minimum Gasteiger partial charge on any atom is -0.361 e. The van der Waals surface area contributed by atoms with Gasteiger partial charge in [0, 0.05) is 36.2 Å². The molecular formula is C22H22FN5OS. The van der Waals surface area contributed by atoms with Crippen LogP contribution >= 0.6 is 12.2 Å². The number of hydrogen-bond donors (Lipinski definition) is 3. The molecule has 154 valence electrons. The molecule has 1 aromatic carbocycles. The Morgan fingerprint density at radius 2 is 2.00 bits per heavy atom. The van der Waals surface area contributed by atoms with Crippen LogP contribution in [-0.4, -0.2) is 32.4 Å². The molecule has 3 aromatic rings. The van der Waals surface area contributed by atoms with Crippen molar-refractivity contribution in [2.45, 2.75) is 25.4 Å². The van der Waals surface area contributed by atoms with Gasteiger partial charge in [0.2, 0.25) is 5.91 Å². The summed E-state index contributed by atoms with van der Waals surface area (Å²) in [4.78, 5) is 22.4. The standard InChI is InChI=1S/C22H22FN5OS/c1-14-5-10-18(25-14)21-20(17-4-2-3-12-24-17)27-22(30)28(21)13-11-19(29)26-16-8-6-15(23)7-9-16/h2-10,12,20-21,25H,11,13H2,1H3,(H,26,29)(H,27,30)/t20-,21-/m0/s1. The van der Waals surface area contributed by atoms with Gasteiger partial charge in [0.25, 0.3) is 0 Å². The molecule has 1 amide bonds. The van der Waals surface area contributed by atoms with E-state index in [1.54, 1.807) is 6.20 Å². The van der Waals surface area contributed by atoms with Crippen LogP contribution in [0.3, 0.4) is 0 Å². The smallest absolute Gasteiger partial charge is 0.226 e. The maximum Gasteiger partial charge on any atom is 0.226 e. The third kappa shape index (κ3) is 4.33. The van der Waals surface area contributed by atoms with Crippen molar-refractivity contribution in [3.63, 3.8) is 0 Å². The Labute approximate surface area is 179 Å². The van der Waals surface area contributed by atoms with E-state index in [2.05, 4.69) is 20.6 Å². The molecular weight excluding hydrogens is 401 g/mol. The summed E-state index contributed by atoms with van der Waals surface area (Å²) in [5.41, 5.74) is 3.51. The number of aromatic nitrogens is 2. The molecule has 2 aromatic heterocycles. The predicted molar refractivity (Wildman–Crippen MR) is 117 cm³/mol. The zero-order valence-corrected chi connectivity index (χ0v) is 17.2.